The summed E-state index contributed by atoms with van der Waals surface area (Å²) in [5.74, 6) is 0. The standard InChI is InChI=1S/C16H22N4O2/c1-19-8-4-13(5-9-19)22-10-2-7-20-12-18-15-11-17-6-3-14(15)16(20)21/h3,6,11-13H,2,4-5,7-10H2,1H3. The van der Waals surface area contributed by atoms with Crippen molar-refractivity contribution in [3.8, 4) is 0 Å². The number of aryl methyl sites for hydroxylation is 1. The largest absolute Gasteiger partial charge is 0.378 e. The minimum absolute atomic E-state index is 0.00769. The van der Waals surface area contributed by atoms with Gasteiger partial charge in [-0.3, -0.25) is 14.3 Å². The second-order valence-electron chi connectivity index (χ2n) is 5.86. The van der Waals surface area contributed by atoms with Crippen molar-refractivity contribution in [2.45, 2.75) is 31.9 Å². The van der Waals surface area contributed by atoms with Crippen molar-refractivity contribution in [2.75, 3.05) is 26.7 Å². The van der Waals surface area contributed by atoms with Crippen LogP contribution in [0.5, 0.6) is 0 Å². The summed E-state index contributed by atoms with van der Waals surface area (Å²) in [6.07, 6.45) is 8.23. The van der Waals surface area contributed by atoms with Crippen molar-refractivity contribution in [2.24, 2.45) is 0 Å². The zero-order valence-corrected chi connectivity index (χ0v) is 12.9. The number of aromatic nitrogens is 3. The fourth-order valence-electron chi connectivity index (χ4n) is 2.80. The van der Waals surface area contributed by atoms with Crippen LogP contribution in [0, 0.1) is 0 Å². The topological polar surface area (TPSA) is 60.2 Å². The fourth-order valence-corrected chi connectivity index (χ4v) is 2.80. The lowest BCUT2D eigenvalue weighted by atomic mass is 10.1. The van der Waals surface area contributed by atoms with E-state index in [1.807, 2.05) is 0 Å². The lowest BCUT2D eigenvalue weighted by Crippen LogP contribution is -2.34. The summed E-state index contributed by atoms with van der Waals surface area (Å²) in [6, 6.07) is 1.72. The molecule has 1 aliphatic heterocycles. The Balaban J connectivity index is 1.52. The van der Waals surface area contributed by atoms with E-state index in [1.54, 1.807) is 29.4 Å². The molecule has 118 valence electrons. The third-order valence-electron chi connectivity index (χ3n) is 4.19. The van der Waals surface area contributed by atoms with E-state index < -0.39 is 0 Å². The molecule has 0 unspecified atom stereocenters. The van der Waals surface area contributed by atoms with Crippen LogP contribution in [0.4, 0.5) is 0 Å². The molecule has 0 radical (unpaired) electrons. The predicted molar refractivity (Wildman–Crippen MR) is 84.9 cm³/mol. The first-order chi connectivity index (χ1) is 10.7. The average molecular weight is 302 g/mol. The van der Waals surface area contributed by atoms with Crippen molar-refractivity contribution in [3.63, 3.8) is 0 Å². The molecule has 2 aromatic heterocycles. The third-order valence-corrected chi connectivity index (χ3v) is 4.19. The smallest absolute Gasteiger partial charge is 0.261 e. The van der Waals surface area contributed by atoms with E-state index in [-0.39, 0.29) is 5.56 Å². The average Bonchev–Trinajstić information content (AvgIpc) is 2.55. The highest BCUT2D eigenvalue weighted by molar-refractivity contribution is 5.75. The molecule has 3 heterocycles. The maximum Gasteiger partial charge on any atom is 0.261 e. The minimum Gasteiger partial charge on any atom is -0.378 e. The van der Waals surface area contributed by atoms with Crippen LogP contribution in [-0.4, -0.2) is 52.3 Å². The third kappa shape index (κ3) is 3.51. The van der Waals surface area contributed by atoms with Gasteiger partial charge in [-0.15, -0.1) is 0 Å². The molecule has 0 N–H and O–H groups in total. The van der Waals surface area contributed by atoms with E-state index in [2.05, 4.69) is 21.9 Å². The quantitative estimate of drug-likeness (QED) is 0.779. The van der Waals surface area contributed by atoms with Crippen molar-refractivity contribution in [3.05, 3.63) is 35.1 Å². The highest BCUT2D eigenvalue weighted by atomic mass is 16.5. The molecular formula is C16H22N4O2. The molecule has 0 amide bonds. The molecule has 0 saturated carbocycles. The van der Waals surface area contributed by atoms with Crippen LogP contribution in [0.3, 0.4) is 0 Å². The first kappa shape index (κ1) is 15.1. The van der Waals surface area contributed by atoms with Crippen LogP contribution in [0.1, 0.15) is 19.3 Å². The van der Waals surface area contributed by atoms with Crippen LogP contribution < -0.4 is 5.56 Å². The Hall–Kier alpha value is -1.79. The molecule has 6 nitrogen and oxygen atoms in total. The van der Waals surface area contributed by atoms with E-state index in [9.17, 15) is 4.79 Å². The van der Waals surface area contributed by atoms with Gasteiger partial charge in [-0.25, -0.2) is 4.98 Å². The van der Waals surface area contributed by atoms with Gasteiger partial charge in [0.25, 0.3) is 5.56 Å². The zero-order chi connectivity index (χ0) is 15.4. The van der Waals surface area contributed by atoms with Gasteiger partial charge in [-0.1, -0.05) is 0 Å². The number of rotatable bonds is 5. The van der Waals surface area contributed by atoms with Gasteiger partial charge in [0.1, 0.15) is 0 Å². The highest BCUT2D eigenvalue weighted by Gasteiger charge is 2.16. The SMILES string of the molecule is CN1CCC(OCCCn2cnc3cnccc3c2=O)CC1. The molecule has 1 fully saturated rings. The van der Waals surface area contributed by atoms with E-state index in [1.165, 1.54) is 0 Å². The Bertz CT molecular complexity index is 677. The molecule has 0 aliphatic carbocycles. The second-order valence-corrected chi connectivity index (χ2v) is 5.86. The van der Waals surface area contributed by atoms with Gasteiger partial charge < -0.3 is 9.64 Å². The minimum atomic E-state index is -0.00769. The van der Waals surface area contributed by atoms with Crippen LogP contribution in [0.15, 0.2) is 29.6 Å². The van der Waals surface area contributed by atoms with Gasteiger partial charge in [0.2, 0.25) is 0 Å². The summed E-state index contributed by atoms with van der Waals surface area (Å²) >= 11 is 0. The van der Waals surface area contributed by atoms with E-state index >= 15 is 0 Å². The predicted octanol–water partition coefficient (Wildman–Crippen LogP) is 1.29. The molecule has 1 saturated heterocycles. The highest BCUT2D eigenvalue weighted by Crippen LogP contribution is 2.12. The van der Waals surface area contributed by atoms with Gasteiger partial charge >= 0.3 is 0 Å². The Morgan fingerprint density at radius 3 is 3.00 bits per heavy atom. The number of ether oxygens (including phenoxy) is 1. The maximum atomic E-state index is 12.3. The van der Waals surface area contributed by atoms with Crippen molar-refractivity contribution in [1.82, 2.24) is 19.4 Å². The lowest BCUT2D eigenvalue weighted by Gasteiger charge is -2.28. The molecule has 2 aromatic rings. The first-order valence-corrected chi connectivity index (χ1v) is 7.83. The van der Waals surface area contributed by atoms with E-state index in [0.717, 1.165) is 32.4 Å². The van der Waals surface area contributed by atoms with Crippen LogP contribution in [0.25, 0.3) is 10.9 Å². The number of fused-ring (bicyclic) bond motifs is 1. The zero-order valence-electron chi connectivity index (χ0n) is 12.9. The first-order valence-electron chi connectivity index (χ1n) is 7.83. The Morgan fingerprint density at radius 2 is 2.18 bits per heavy atom. The van der Waals surface area contributed by atoms with Gasteiger partial charge in [-0.2, -0.15) is 0 Å². The number of likely N-dealkylation sites (tertiary alicyclic amines) is 1. The molecular weight excluding hydrogens is 280 g/mol. The van der Waals surface area contributed by atoms with Crippen LogP contribution in [-0.2, 0) is 11.3 Å². The summed E-state index contributed by atoms with van der Waals surface area (Å²) < 4.78 is 7.56. The van der Waals surface area contributed by atoms with Crippen LogP contribution >= 0.6 is 0 Å². The number of pyridine rings is 1. The number of hydrogen-bond acceptors (Lipinski definition) is 5. The summed E-state index contributed by atoms with van der Waals surface area (Å²) in [5.41, 5.74) is 0.637. The van der Waals surface area contributed by atoms with E-state index in [0.29, 0.717) is 30.2 Å². The Kier molecular flexibility index (Phi) is 4.80. The van der Waals surface area contributed by atoms with Gasteiger partial charge in [0, 0.05) is 32.4 Å². The molecule has 0 aromatic carbocycles. The molecule has 22 heavy (non-hydrogen) atoms. The fraction of sp³-hybridized carbons (Fsp3) is 0.562. The van der Waals surface area contributed by atoms with Gasteiger partial charge in [0.15, 0.2) is 0 Å². The van der Waals surface area contributed by atoms with Crippen LogP contribution in [0.2, 0.25) is 0 Å². The normalized spacial score (nSPS) is 17.1. The number of piperidine rings is 1. The number of nitrogens with zero attached hydrogens (tertiary/aromatic N) is 4. The maximum absolute atomic E-state index is 12.3. The lowest BCUT2D eigenvalue weighted by molar-refractivity contribution is 0.0102. The summed E-state index contributed by atoms with van der Waals surface area (Å²) in [4.78, 5) is 22.9. The van der Waals surface area contributed by atoms with Crippen molar-refractivity contribution in [1.29, 1.82) is 0 Å². The molecule has 1 aliphatic rings. The molecule has 0 atom stereocenters. The van der Waals surface area contributed by atoms with E-state index in [4.69, 9.17) is 4.74 Å². The molecule has 6 heteroatoms. The Labute approximate surface area is 129 Å². The van der Waals surface area contributed by atoms with Gasteiger partial charge in [0.05, 0.1) is 29.5 Å². The second kappa shape index (κ2) is 6.98. The van der Waals surface area contributed by atoms with Gasteiger partial charge in [-0.05, 0) is 32.4 Å². The van der Waals surface area contributed by atoms with Crippen molar-refractivity contribution >= 4 is 10.9 Å². The number of hydrogen-bond donors (Lipinski definition) is 0. The summed E-state index contributed by atoms with van der Waals surface area (Å²) in [6.45, 7) is 3.53. The monoisotopic (exact) mass is 302 g/mol. The summed E-state index contributed by atoms with van der Waals surface area (Å²) in [5, 5.41) is 0.619. The molecule has 3 rings (SSSR count). The van der Waals surface area contributed by atoms with Crippen molar-refractivity contribution < 1.29 is 4.74 Å². The molecule has 0 bridgehead atoms. The Morgan fingerprint density at radius 1 is 1.36 bits per heavy atom. The summed E-state index contributed by atoms with van der Waals surface area (Å²) in [7, 11) is 2.14. The molecule has 0 spiro atoms.